The standard InChI is InChI=1S/C23H28FNO3/c1-15(16-6-8-19(26)9-7-16)12-25-13-17-10-20(11-18(17)14-25)28-23-21(24)4-3-5-22(23)27-2/h3-9,15,17-18,20,26H,10-14H2,1-2H3/t15?,17-,18+,20?. The molecule has 28 heavy (non-hydrogen) atoms. The summed E-state index contributed by atoms with van der Waals surface area (Å²) in [5.41, 5.74) is 1.25. The molecule has 0 amide bonds. The van der Waals surface area contributed by atoms with Crippen LogP contribution in [-0.4, -0.2) is 42.9 Å². The highest BCUT2D eigenvalue weighted by atomic mass is 19.1. The average molecular weight is 385 g/mol. The summed E-state index contributed by atoms with van der Waals surface area (Å²) in [6.45, 7) is 5.39. The van der Waals surface area contributed by atoms with Crippen molar-refractivity contribution in [2.75, 3.05) is 26.7 Å². The number of nitrogens with zero attached hydrogens (tertiary/aromatic N) is 1. The lowest BCUT2D eigenvalue weighted by Gasteiger charge is -2.23. The topological polar surface area (TPSA) is 41.9 Å². The second-order valence-corrected chi connectivity index (χ2v) is 8.21. The van der Waals surface area contributed by atoms with Crippen molar-refractivity contribution in [3.05, 3.63) is 53.8 Å². The second-order valence-electron chi connectivity index (χ2n) is 8.21. The normalized spacial score (nSPS) is 25.5. The summed E-state index contributed by atoms with van der Waals surface area (Å²) in [5, 5.41) is 9.46. The number of fused-ring (bicyclic) bond motifs is 1. The fourth-order valence-electron chi connectivity index (χ4n) is 4.81. The van der Waals surface area contributed by atoms with E-state index in [1.54, 1.807) is 24.3 Å². The highest BCUT2D eigenvalue weighted by molar-refractivity contribution is 5.41. The van der Waals surface area contributed by atoms with Gasteiger partial charge in [-0.2, -0.15) is 0 Å². The molecular weight excluding hydrogens is 357 g/mol. The van der Waals surface area contributed by atoms with Crippen LogP contribution in [0.2, 0.25) is 0 Å². The quantitative estimate of drug-likeness (QED) is 0.799. The number of rotatable bonds is 6. The Bertz CT molecular complexity index is 796. The molecule has 2 aromatic rings. The van der Waals surface area contributed by atoms with Crippen LogP contribution in [0.15, 0.2) is 42.5 Å². The predicted octanol–water partition coefficient (Wildman–Crippen LogP) is 4.43. The molecular formula is C23H28FNO3. The number of para-hydroxylation sites is 1. The monoisotopic (exact) mass is 385 g/mol. The lowest BCUT2D eigenvalue weighted by Crippen LogP contribution is -2.28. The van der Waals surface area contributed by atoms with Crippen LogP contribution in [0.3, 0.4) is 0 Å². The van der Waals surface area contributed by atoms with Gasteiger partial charge in [0.2, 0.25) is 0 Å². The predicted molar refractivity (Wildman–Crippen MR) is 107 cm³/mol. The van der Waals surface area contributed by atoms with Crippen molar-refractivity contribution >= 4 is 0 Å². The summed E-state index contributed by atoms with van der Waals surface area (Å²) in [6, 6.07) is 12.3. The Balaban J connectivity index is 1.32. The number of benzene rings is 2. The Morgan fingerprint density at radius 1 is 1.11 bits per heavy atom. The molecule has 4 atom stereocenters. The molecule has 1 N–H and O–H groups in total. The summed E-state index contributed by atoms with van der Waals surface area (Å²) < 4.78 is 25.4. The van der Waals surface area contributed by atoms with E-state index in [0.717, 1.165) is 32.5 Å². The third-order valence-electron chi connectivity index (χ3n) is 6.21. The van der Waals surface area contributed by atoms with Gasteiger partial charge in [0.25, 0.3) is 0 Å². The van der Waals surface area contributed by atoms with Gasteiger partial charge in [0.05, 0.1) is 13.2 Å². The van der Waals surface area contributed by atoms with Crippen LogP contribution in [0, 0.1) is 17.7 Å². The van der Waals surface area contributed by atoms with E-state index in [1.807, 2.05) is 12.1 Å². The van der Waals surface area contributed by atoms with Crippen LogP contribution in [0.4, 0.5) is 4.39 Å². The molecule has 4 nitrogen and oxygen atoms in total. The Kier molecular flexibility index (Phi) is 5.44. The van der Waals surface area contributed by atoms with Crippen molar-refractivity contribution in [2.45, 2.75) is 31.8 Å². The third kappa shape index (κ3) is 3.95. The van der Waals surface area contributed by atoms with Crippen molar-refractivity contribution in [3.8, 4) is 17.2 Å². The fraction of sp³-hybridized carbons (Fsp3) is 0.478. The molecule has 1 saturated carbocycles. The van der Waals surface area contributed by atoms with Crippen molar-refractivity contribution in [3.63, 3.8) is 0 Å². The van der Waals surface area contributed by atoms with Gasteiger partial charge in [0.1, 0.15) is 5.75 Å². The summed E-state index contributed by atoms with van der Waals surface area (Å²) in [7, 11) is 1.54. The number of likely N-dealkylation sites (tertiary alicyclic amines) is 1. The molecule has 2 aromatic carbocycles. The van der Waals surface area contributed by atoms with Crippen LogP contribution >= 0.6 is 0 Å². The van der Waals surface area contributed by atoms with E-state index in [0.29, 0.717) is 29.3 Å². The number of hydrogen-bond acceptors (Lipinski definition) is 4. The molecule has 1 heterocycles. The van der Waals surface area contributed by atoms with E-state index in [1.165, 1.54) is 18.7 Å². The highest BCUT2D eigenvalue weighted by Crippen LogP contribution is 2.42. The van der Waals surface area contributed by atoms with Gasteiger partial charge in [-0.1, -0.05) is 25.1 Å². The first-order chi connectivity index (χ1) is 13.5. The molecule has 2 unspecified atom stereocenters. The zero-order valence-corrected chi connectivity index (χ0v) is 16.5. The van der Waals surface area contributed by atoms with Crippen molar-refractivity contribution in [1.82, 2.24) is 4.90 Å². The Hall–Kier alpha value is -2.27. The largest absolute Gasteiger partial charge is 0.508 e. The van der Waals surface area contributed by atoms with Gasteiger partial charge in [-0.3, -0.25) is 0 Å². The molecule has 0 aromatic heterocycles. The molecule has 1 saturated heterocycles. The molecule has 1 aliphatic carbocycles. The molecule has 2 fully saturated rings. The lowest BCUT2D eigenvalue weighted by atomic mass is 10.0. The maximum atomic E-state index is 14.1. The van der Waals surface area contributed by atoms with Gasteiger partial charge in [-0.15, -0.1) is 0 Å². The minimum Gasteiger partial charge on any atom is -0.508 e. The Morgan fingerprint density at radius 3 is 2.43 bits per heavy atom. The van der Waals surface area contributed by atoms with Crippen LogP contribution in [0.1, 0.15) is 31.2 Å². The zero-order valence-electron chi connectivity index (χ0n) is 16.5. The van der Waals surface area contributed by atoms with Crippen LogP contribution < -0.4 is 9.47 Å². The fourth-order valence-corrected chi connectivity index (χ4v) is 4.81. The molecule has 0 radical (unpaired) electrons. The van der Waals surface area contributed by atoms with Gasteiger partial charge in [0.15, 0.2) is 17.3 Å². The summed E-state index contributed by atoms with van der Waals surface area (Å²) in [6.07, 6.45) is 1.98. The van der Waals surface area contributed by atoms with Gasteiger partial charge < -0.3 is 19.5 Å². The Labute approximate surface area is 165 Å². The maximum Gasteiger partial charge on any atom is 0.197 e. The molecule has 150 valence electrons. The molecule has 2 aliphatic rings. The smallest absolute Gasteiger partial charge is 0.197 e. The van der Waals surface area contributed by atoms with E-state index in [2.05, 4.69) is 11.8 Å². The van der Waals surface area contributed by atoms with Gasteiger partial charge in [-0.25, -0.2) is 4.39 Å². The first-order valence-electron chi connectivity index (χ1n) is 10.0. The summed E-state index contributed by atoms with van der Waals surface area (Å²) in [5.74, 6) is 2.29. The van der Waals surface area contributed by atoms with E-state index in [9.17, 15) is 9.50 Å². The molecule has 0 spiro atoms. The SMILES string of the molecule is COc1cccc(F)c1OC1C[C@@H]2CN(CC(C)c3ccc(O)cc3)C[C@@H]2C1. The molecule has 0 bridgehead atoms. The van der Waals surface area contributed by atoms with Gasteiger partial charge in [-0.05, 0) is 60.4 Å². The lowest BCUT2D eigenvalue weighted by molar-refractivity contribution is 0.170. The summed E-state index contributed by atoms with van der Waals surface area (Å²) >= 11 is 0. The number of methoxy groups -OCH3 is 1. The minimum absolute atomic E-state index is 0.0532. The van der Waals surface area contributed by atoms with Crippen molar-refractivity contribution < 1.29 is 19.0 Å². The number of phenolic OH excluding ortho intramolecular Hbond substituents is 1. The molecule has 4 rings (SSSR count). The van der Waals surface area contributed by atoms with E-state index in [-0.39, 0.29) is 17.7 Å². The van der Waals surface area contributed by atoms with Crippen molar-refractivity contribution in [2.24, 2.45) is 11.8 Å². The third-order valence-corrected chi connectivity index (χ3v) is 6.21. The first-order valence-corrected chi connectivity index (χ1v) is 10.0. The number of halogens is 1. The van der Waals surface area contributed by atoms with Crippen LogP contribution in [0.5, 0.6) is 17.2 Å². The van der Waals surface area contributed by atoms with E-state index in [4.69, 9.17) is 9.47 Å². The van der Waals surface area contributed by atoms with Crippen molar-refractivity contribution in [1.29, 1.82) is 0 Å². The highest BCUT2D eigenvalue weighted by Gasteiger charge is 2.42. The van der Waals surface area contributed by atoms with Crippen LogP contribution in [0.25, 0.3) is 0 Å². The number of aromatic hydroxyl groups is 1. The first kappa shape index (κ1) is 19.1. The van der Waals surface area contributed by atoms with Crippen LogP contribution in [-0.2, 0) is 0 Å². The second kappa shape index (κ2) is 8.00. The van der Waals surface area contributed by atoms with Gasteiger partial charge >= 0.3 is 0 Å². The zero-order chi connectivity index (χ0) is 19.7. The summed E-state index contributed by atoms with van der Waals surface area (Å²) in [4.78, 5) is 2.53. The average Bonchev–Trinajstić information content (AvgIpc) is 3.21. The maximum absolute atomic E-state index is 14.1. The van der Waals surface area contributed by atoms with Gasteiger partial charge in [0, 0.05) is 19.6 Å². The number of phenols is 1. The number of hydrogen-bond donors (Lipinski definition) is 1. The van der Waals surface area contributed by atoms with E-state index < -0.39 is 0 Å². The minimum atomic E-state index is -0.360. The number of ether oxygens (including phenoxy) is 2. The van der Waals surface area contributed by atoms with E-state index >= 15 is 0 Å². The molecule has 5 heteroatoms. The Morgan fingerprint density at radius 2 is 1.79 bits per heavy atom. The molecule has 1 aliphatic heterocycles.